The molecule has 1 aromatic carbocycles. The Labute approximate surface area is 98.6 Å². The van der Waals surface area contributed by atoms with Crippen LogP contribution in [0.15, 0.2) is 34.7 Å². The van der Waals surface area contributed by atoms with Crippen molar-refractivity contribution in [2.45, 2.75) is 6.18 Å². The molecule has 1 aromatic heterocycles. The van der Waals surface area contributed by atoms with E-state index in [1.54, 1.807) is 0 Å². The highest BCUT2D eigenvalue weighted by molar-refractivity contribution is 6.30. The van der Waals surface area contributed by atoms with E-state index in [2.05, 4.69) is 4.42 Å². The molecule has 1 nitrogen and oxygen atoms in total. The first-order valence-electron chi connectivity index (χ1n) is 4.50. The molecular weight excluding hydrogens is 260 g/mol. The molecule has 0 atom stereocenters. The molecular formula is C11H5ClF4O. The summed E-state index contributed by atoms with van der Waals surface area (Å²) in [7, 11) is 0. The Morgan fingerprint density at radius 1 is 1.06 bits per heavy atom. The van der Waals surface area contributed by atoms with Gasteiger partial charge in [-0.05, 0) is 24.3 Å². The minimum Gasteiger partial charge on any atom is -0.431 e. The smallest absolute Gasteiger partial charge is 0.422 e. The van der Waals surface area contributed by atoms with Crippen LogP contribution in [0.1, 0.15) is 5.56 Å². The van der Waals surface area contributed by atoms with Crippen LogP contribution >= 0.6 is 11.6 Å². The van der Waals surface area contributed by atoms with Crippen LogP contribution in [0, 0.1) is 6.01 Å². The van der Waals surface area contributed by atoms with Crippen molar-refractivity contribution in [1.82, 2.24) is 0 Å². The number of rotatable bonds is 1. The number of hydrogen-bond donors (Lipinski definition) is 0. The van der Waals surface area contributed by atoms with Crippen molar-refractivity contribution < 1.29 is 22.0 Å². The molecule has 90 valence electrons. The normalized spacial score (nSPS) is 11.8. The first kappa shape index (κ1) is 12.0. The molecule has 0 radical (unpaired) electrons. The van der Waals surface area contributed by atoms with Gasteiger partial charge in [0.05, 0.1) is 0 Å². The first-order chi connectivity index (χ1) is 7.88. The maximum atomic E-state index is 13.0. The molecule has 17 heavy (non-hydrogen) atoms. The Bertz CT molecular complexity index is 527. The topological polar surface area (TPSA) is 13.1 Å². The van der Waals surface area contributed by atoms with Crippen molar-refractivity contribution in [2.24, 2.45) is 0 Å². The highest BCUT2D eigenvalue weighted by atomic mass is 35.5. The second kappa shape index (κ2) is 4.07. The summed E-state index contributed by atoms with van der Waals surface area (Å²) < 4.78 is 54.4. The maximum absolute atomic E-state index is 13.0. The second-order valence-electron chi connectivity index (χ2n) is 3.30. The third-order valence-corrected chi connectivity index (χ3v) is 2.37. The fourth-order valence-corrected chi connectivity index (χ4v) is 1.44. The van der Waals surface area contributed by atoms with E-state index in [0.29, 0.717) is 16.7 Å². The van der Waals surface area contributed by atoms with Crippen LogP contribution in [0.2, 0.25) is 5.02 Å². The molecule has 0 aliphatic carbocycles. The molecule has 0 fully saturated rings. The van der Waals surface area contributed by atoms with Crippen molar-refractivity contribution >= 4 is 11.6 Å². The SMILES string of the molecule is Fc1oc(-c2ccc(Cl)cc2)cc1C(F)(F)F. The molecule has 0 saturated carbocycles. The van der Waals surface area contributed by atoms with Crippen LogP contribution < -0.4 is 0 Å². The molecule has 0 N–H and O–H groups in total. The molecule has 0 amide bonds. The first-order valence-corrected chi connectivity index (χ1v) is 4.88. The van der Waals surface area contributed by atoms with Crippen LogP contribution in [0.4, 0.5) is 17.6 Å². The lowest BCUT2D eigenvalue weighted by atomic mass is 10.1. The van der Waals surface area contributed by atoms with Gasteiger partial charge in [0.2, 0.25) is 0 Å². The van der Waals surface area contributed by atoms with E-state index in [4.69, 9.17) is 11.6 Å². The Morgan fingerprint density at radius 3 is 2.12 bits per heavy atom. The summed E-state index contributed by atoms with van der Waals surface area (Å²) in [6.07, 6.45) is -4.77. The number of hydrogen-bond acceptors (Lipinski definition) is 1. The van der Waals surface area contributed by atoms with Gasteiger partial charge in [-0.15, -0.1) is 0 Å². The van der Waals surface area contributed by atoms with E-state index in [1.807, 2.05) is 0 Å². The van der Waals surface area contributed by atoms with E-state index in [0.717, 1.165) is 0 Å². The van der Waals surface area contributed by atoms with Gasteiger partial charge in [0.15, 0.2) is 0 Å². The number of benzene rings is 1. The van der Waals surface area contributed by atoms with Gasteiger partial charge in [-0.2, -0.15) is 17.6 Å². The summed E-state index contributed by atoms with van der Waals surface area (Å²) in [5.74, 6) is -0.188. The zero-order chi connectivity index (χ0) is 12.6. The molecule has 0 saturated heterocycles. The van der Waals surface area contributed by atoms with Crippen molar-refractivity contribution in [1.29, 1.82) is 0 Å². The van der Waals surface area contributed by atoms with Crippen molar-refractivity contribution in [2.75, 3.05) is 0 Å². The van der Waals surface area contributed by atoms with Crippen molar-refractivity contribution in [3.8, 4) is 11.3 Å². The lowest BCUT2D eigenvalue weighted by molar-refractivity contribution is -0.141. The Kier molecular flexibility index (Phi) is 2.87. The third-order valence-electron chi connectivity index (χ3n) is 2.12. The quantitative estimate of drug-likeness (QED) is 0.677. The highest BCUT2D eigenvalue weighted by Gasteiger charge is 2.37. The molecule has 0 aliphatic rings. The van der Waals surface area contributed by atoms with Crippen molar-refractivity contribution in [3.05, 3.63) is 46.9 Å². The molecule has 0 unspecified atom stereocenters. The number of halogens is 5. The molecule has 0 bridgehead atoms. The summed E-state index contributed by atoms with van der Waals surface area (Å²) in [6, 6.07) is 4.83. The molecule has 0 aliphatic heterocycles. The summed E-state index contributed by atoms with van der Waals surface area (Å²) >= 11 is 5.62. The van der Waals surface area contributed by atoms with E-state index >= 15 is 0 Å². The summed E-state index contributed by atoms with van der Waals surface area (Å²) in [5.41, 5.74) is -1.09. The van der Waals surface area contributed by atoms with Crippen molar-refractivity contribution in [3.63, 3.8) is 0 Å². The van der Waals surface area contributed by atoms with Gasteiger partial charge in [-0.1, -0.05) is 11.6 Å². The molecule has 2 rings (SSSR count). The standard InChI is InChI=1S/C11H5ClF4O/c12-7-3-1-6(2-4-7)9-5-8(10(13)17-9)11(14,15)16/h1-5H. The molecule has 6 heteroatoms. The van der Waals surface area contributed by atoms with E-state index < -0.39 is 17.8 Å². The molecule has 1 heterocycles. The van der Waals surface area contributed by atoms with Gasteiger partial charge in [0, 0.05) is 16.7 Å². The van der Waals surface area contributed by atoms with Crippen LogP contribution in [0.25, 0.3) is 11.3 Å². The minimum absolute atomic E-state index is 0.188. The van der Waals surface area contributed by atoms with Crippen LogP contribution in [0.5, 0.6) is 0 Å². The van der Waals surface area contributed by atoms with Crippen LogP contribution in [0.3, 0.4) is 0 Å². The van der Waals surface area contributed by atoms with Gasteiger partial charge in [0.25, 0.3) is 6.01 Å². The zero-order valence-electron chi connectivity index (χ0n) is 8.18. The van der Waals surface area contributed by atoms with Gasteiger partial charge < -0.3 is 4.42 Å². The number of furan rings is 1. The zero-order valence-corrected chi connectivity index (χ0v) is 8.94. The monoisotopic (exact) mass is 264 g/mol. The Hall–Kier alpha value is -1.49. The Balaban J connectivity index is 2.45. The fourth-order valence-electron chi connectivity index (χ4n) is 1.32. The minimum atomic E-state index is -4.77. The second-order valence-corrected chi connectivity index (χ2v) is 3.74. The predicted molar refractivity (Wildman–Crippen MR) is 54.1 cm³/mol. The lowest BCUT2D eigenvalue weighted by Crippen LogP contribution is -2.04. The fraction of sp³-hybridized carbons (Fsp3) is 0.0909. The van der Waals surface area contributed by atoms with Gasteiger partial charge in [0.1, 0.15) is 11.3 Å². The summed E-state index contributed by atoms with van der Waals surface area (Å²) in [6.45, 7) is 0. The molecule has 0 spiro atoms. The largest absolute Gasteiger partial charge is 0.431 e. The van der Waals surface area contributed by atoms with Crippen LogP contribution in [-0.4, -0.2) is 0 Å². The average molecular weight is 265 g/mol. The number of alkyl halides is 3. The highest BCUT2D eigenvalue weighted by Crippen LogP contribution is 2.36. The predicted octanol–water partition coefficient (Wildman–Crippen LogP) is 4.76. The summed E-state index contributed by atoms with van der Waals surface area (Å²) in [4.78, 5) is 0. The maximum Gasteiger partial charge on any atom is 0.422 e. The van der Waals surface area contributed by atoms with E-state index in [-0.39, 0.29) is 5.76 Å². The van der Waals surface area contributed by atoms with E-state index in [9.17, 15) is 17.6 Å². The van der Waals surface area contributed by atoms with E-state index in [1.165, 1.54) is 24.3 Å². The van der Waals surface area contributed by atoms with Gasteiger partial charge >= 0.3 is 6.18 Å². The average Bonchev–Trinajstić information content (AvgIpc) is 2.61. The van der Waals surface area contributed by atoms with Gasteiger partial charge in [-0.3, -0.25) is 0 Å². The third kappa shape index (κ3) is 2.44. The van der Waals surface area contributed by atoms with Gasteiger partial charge in [-0.25, -0.2) is 0 Å². The van der Waals surface area contributed by atoms with Crippen LogP contribution in [-0.2, 0) is 6.18 Å². The molecule has 2 aromatic rings. The lowest BCUT2D eigenvalue weighted by Gasteiger charge is -2.00. The Morgan fingerprint density at radius 2 is 1.65 bits per heavy atom. The summed E-state index contributed by atoms with van der Waals surface area (Å²) in [5, 5.41) is 0.428.